The monoisotopic (exact) mass is 326 g/mol. The second-order valence-corrected chi connectivity index (χ2v) is 6.58. The van der Waals surface area contributed by atoms with Crippen molar-refractivity contribution >= 4 is 18.3 Å². The molecule has 0 aromatic heterocycles. The number of ether oxygens (including phenoxy) is 1. The van der Waals surface area contributed by atoms with Crippen LogP contribution in [0.3, 0.4) is 0 Å². The maximum Gasteiger partial charge on any atom is 0.226 e. The summed E-state index contributed by atoms with van der Waals surface area (Å²) in [5, 5.41) is 3.00. The van der Waals surface area contributed by atoms with Gasteiger partial charge in [0, 0.05) is 18.0 Å². The third kappa shape index (κ3) is 4.89. The van der Waals surface area contributed by atoms with Crippen LogP contribution in [0.1, 0.15) is 32.3 Å². The molecule has 22 heavy (non-hydrogen) atoms. The van der Waals surface area contributed by atoms with Crippen LogP contribution in [0, 0.1) is 11.3 Å². The van der Waals surface area contributed by atoms with Crippen molar-refractivity contribution in [2.24, 2.45) is 17.1 Å². The summed E-state index contributed by atoms with van der Waals surface area (Å²) < 4.78 is 5.36. The topological polar surface area (TPSA) is 64.3 Å². The van der Waals surface area contributed by atoms with E-state index in [0.717, 1.165) is 11.3 Å². The van der Waals surface area contributed by atoms with Gasteiger partial charge in [0.2, 0.25) is 5.91 Å². The standard InChI is InChI=1S/C17H26N2O2.ClH/c1-17(2,10-13-6-4-5-7-15(13)21-3)16(20)19-11-14(18)12-8-9-12;/h4-7,12,14H,8-11,18H2,1-3H3,(H,19,20);1H. The molecule has 0 radical (unpaired) electrons. The van der Waals surface area contributed by atoms with E-state index in [4.69, 9.17) is 10.5 Å². The van der Waals surface area contributed by atoms with Crippen LogP contribution in [0.25, 0.3) is 0 Å². The predicted octanol–water partition coefficient (Wildman–Crippen LogP) is 2.54. The molecule has 0 bridgehead atoms. The summed E-state index contributed by atoms with van der Waals surface area (Å²) in [6, 6.07) is 7.92. The first-order chi connectivity index (χ1) is 9.94. The van der Waals surface area contributed by atoms with E-state index in [2.05, 4.69) is 5.32 Å². The summed E-state index contributed by atoms with van der Waals surface area (Å²) in [5.74, 6) is 1.47. The molecular weight excluding hydrogens is 300 g/mol. The van der Waals surface area contributed by atoms with Gasteiger partial charge >= 0.3 is 0 Å². The van der Waals surface area contributed by atoms with Crippen LogP contribution in [-0.2, 0) is 11.2 Å². The number of amides is 1. The number of nitrogens with two attached hydrogens (primary N) is 1. The van der Waals surface area contributed by atoms with Crippen molar-refractivity contribution in [2.75, 3.05) is 13.7 Å². The summed E-state index contributed by atoms with van der Waals surface area (Å²) in [5.41, 5.74) is 6.59. The zero-order valence-electron chi connectivity index (χ0n) is 13.6. The number of rotatable bonds is 7. The van der Waals surface area contributed by atoms with Crippen molar-refractivity contribution in [2.45, 2.75) is 39.2 Å². The lowest BCUT2D eigenvalue weighted by molar-refractivity contribution is -0.129. The Morgan fingerprint density at radius 3 is 2.64 bits per heavy atom. The highest BCUT2D eigenvalue weighted by Gasteiger charge is 2.32. The van der Waals surface area contributed by atoms with Gasteiger partial charge in [-0.2, -0.15) is 0 Å². The molecule has 124 valence electrons. The number of hydrogen-bond acceptors (Lipinski definition) is 3. The van der Waals surface area contributed by atoms with Gasteiger partial charge in [-0.3, -0.25) is 4.79 Å². The fourth-order valence-corrected chi connectivity index (χ4v) is 2.55. The van der Waals surface area contributed by atoms with Gasteiger partial charge in [0.15, 0.2) is 0 Å². The molecule has 0 aliphatic heterocycles. The van der Waals surface area contributed by atoms with E-state index in [1.165, 1.54) is 12.8 Å². The maximum absolute atomic E-state index is 12.4. The van der Waals surface area contributed by atoms with Gasteiger partial charge in [-0.15, -0.1) is 12.4 Å². The maximum atomic E-state index is 12.4. The highest BCUT2D eigenvalue weighted by Crippen LogP contribution is 2.31. The van der Waals surface area contributed by atoms with Crippen molar-refractivity contribution in [1.29, 1.82) is 0 Å². The fourth-order valence-electron chi connectivity index (χ4n) is 2.55. The minimum absolute atomic E-state index is 0. The van der Waals surface area contributed by atoms with Gasteiger partial charge < -0.3 is 15.8 Å². The summed E-state index contributed by atoms with van der Waals surface area (Å²) in [4.78, 5) is 12.4. The van der Waals surface area contributed by atoms with Crippen LogP contribution >= 0.6 is 12.4 Å². The second-order valence-electron chi connectivity index (χ2n) is 6.58. The van der Waals surface area contributed by atoms with Crippen LogP contribution in [0.4, 0.5) is 0 Å². The predicted molar refractivity (Wildman–Crippen MR) is 91.4 cm³/mol. The zero-order valence-corrected chi connectivity index (χ0v) is 14.4. The van der Waals surface area contributed by atoms with E-state index >= 15 is 0 Å². The molecule has 1 aromatic rings. The molecule has 1 unspecified atom stereocenters. The van der Waals surface area contributed by atoms with E-state index in [0.29, 0.717) is 18.9 Å². The summed E-state index contributed by atoms with van der Waals surface area (Å²) in [6.45, 7) is 4.48. The Kier molecular flexibility index (Phi) is 6.69. The van der Waals surface area contributed by atoms with Crippen molar-refractivity contribution in [3.8, 4) is 5.75 Å². The Bertz CT molecular complexity index is 501. The van der Waals surface area contributed by atoms with Gasteiger partial charge in [-0.05, 0) is 36.8 Å². The second kappa shape index (κ2) is 7.84. The minimum Gasteiger partial charge on any atom is -0.496 e. The van der Waals surface area contributed by atoms with E-state index in [1.807, 2.05) is 38.1 Å². The van der Waals surface area contributed by atoms with Gasteiger partial charge in [0.05, 0.1) is 7.11 Å². The first-order valence-electron chi connectivity index (χ1n) is 7.60. The third-order valence-electron chi connectivity index (χ3n) is 4.17. The first-order valence-corrected chi connectivity index (χ1v) is 7.60. The van der Waals surface area contributed by atoms with E-state index in [1.54, 1.807) is 7.11 Å². The molecule has 4 nitrogen and oxygen atoms in total. The lowest BCUT2D eigenvalue weighted by Gasteiger charge is -2.25. The molecule has 1 fully saturated rings. The van der Waals surface area contributed by atoms with E-state index < -0.39 is 5.41 Å². The Hall–Kier alpha value is -1.26. The first kappa shape index (κ1) is 18.8. The number of carbonyl (C=O) groups excluding carboxylic acids is 1. The highest BCUT2D eigenvalue weighted by atomic mass is 35.5. The van der Waals surface area contributed by atoms with Crippen molar-refractivity contribution < 1.29 is 9.53 Å². The molecule has 1 aliphatic carbocycles. The summed E-state index contributed by atoms with van der Waals surface area (Å²) >= 11 is 0. The third-order valence-corrected chi connectivity index (χ3v) is 4.17. The lowest BCUT2D eigenvalue weighted by atomic mass is 9.84. The molecule has 0 spiro atoms. The van der Waals surface area contributed by atoms with Gasteiger partial charge in [0.1, 0.15) is 5.75 Å². The molecule has 1 saturated carbocycles. The normalized spacial score (nSPS) is 15.6. The molecule has 5 heteroatoms. The van der Waals surface area contributed by atoms with Crippen molar-refractivity contribution in [1.82, 2.24) is 5.32 Å². The van der Waals surface area contributed by atoms with Gasteiger partial charge in [-0.25, -0.2) is 0 Å². The Morgan fingerprint density at radius 2 is 2.05 bits per heavy atom. The molecule has 2 rings (SSSR count). The molecule has 0 heterocycles. The summed E-state index contributed by atoms with van der Waals surface area (Å²) in [6.07, 6.45) is 3.03. The molecule has 1 aliphatic rings. The average molecular weight is 327 g/mol. The lowest BCUT2D eigenvalue weighted by Crippen LogP contribution is -2.44. The smallest absolute Gasteiger partial charge is 0.226 e. The Morgan fingerprint density at radius 1 is 1.41 bits per heavy atom. The SMILES string of the molecule is COc1ccccc1CC(C)(C)C(=O)NCC(N)C1CC1.Cl. The zero-order chi connectivity index (χ0) is 15.5. The Balaban J connectivity index is 0.00000242. The van der Waals surface area contributed by atoms with Crippen LogP contribution in [0.5, 0.6) is 5.75 Å². The molecule has 1 atom stereocenters. The number of carbonyl (C=O) groups is 1. The number of para-hydroxylation sites is 1. The number of benzene rings is 1. The molecular formula is C17H27ClN2O2. The van der Waals surface area contributed by atoms with Crippen LogP contribution in [0.2, 0.25) is 0 Å². The van der Waals surface area contributed by atoms with Crippen LogP contribution < -0.4 is 15.8 Å². The van der Waals surface area contributed by atoms with E-state index in [9.17, 15) is 4.79 Å². The highest BCUT2D eigenvalue weighted by molar-refractivity contribution is 5.85. The summed E-state index contributed by atoms with van der Waals surface area (Å²) in [7, 11) is 1.65. The minimum atomic E-state index is -0.488. The quantitative estimate of drug-likeness (QED) is 0.809. The van der Waals surface area contributed by atoms with Gasteiger partial charge in [-0.1, -0.05) is 32.0 Å². The number of nitrogens with one attached hydrogen (secondary N) is 1. The Labute approximate surface area is 139 Å². The molecule has 1 amide bonds. The molecule has 3 N–H and O–H groups in total. The number of methoxy groups -OCH3 is 1. The number of halogens is 1. The average Bonchev–Trinajstić information content (AvgIpc) is 3.29. The van der Waals surface area contributed by atoms with E-state index in [-0.39, 0.29) is 24.4 Å². The van der Waals surface area contributed by atoms with Crippen LogP contribution in [0.15, 0.2) is 24.3 Å². The molecule has 1 aromatic carbocycles. The fraction of sp³-hybridized carbons (Fsp3) is 0.588. The van der Waals surface area contributed by atoms with Gasteiger partial charge in [0.25, 0.3) is 0 Å². The molecule has 0 saturated heterocycles. The van der Waals surface area contributed by atoms with Crippen molar-refractivity contribution in [3.05, 3.63) is 29.8 Å². The van der Waals surface area contributed by atoms with Crippen molar-refractivity contribution in [3.63, 3.8) is 0 Å². The van der Waals surface area contributed by atoms with Crippen LogP contribution in [-0.4, -0.2) is 25.6 Å². The largest absolute Gasteiger partial charge is 0.496 e. The number of hydrogen-bond donors (Lipinski definition) is 2.